The van der Waals surface area contributed by atoms with Gasteiger partial charge in [-0.05, 0) is 6.07 Å². The van der Waals surface area contributed by atoms with Crippen LogP contribution in [-0.4, -0.2) is 0 Å². The van der Waals surface area contributed by atoms with Gasteiger partial charge in [0.25, 0.3) is 0 Å². The lowest BCUT2D eigenvalue weighted by molar-refractivity contribution is -0.647. The van der Waals surface area contributed by atoms with Gasteiger partial charge in [0.1, 0.15) is 11.7 Å². The minimum Gasteiger partial charge on any atom is -0.189 e. The molecule has 0 radical (unpaired) electrons. The molecule has 2 heteroatoms. The molecule has 0 saturated heterocycles. The summed E-state index contributed by atoms with van der Waals surface area (Å²) < 4.78 is 3.66. The van der Waals surface area contributed by atoms with Gasteiger partial charge >= 0.3 is 0 Å². The van der Waals surface area contributed by atoms with Crippen LogP contribution in [0.2, 0.25) is 0 Å². The molecule has 0 aliphatic heterocycles. The summed E-state index contributed by atoms with van der Waals surface area (Å²) in [6, 6.07) is 8.54. The summed E-state index contributed by atoms with van der Waals surface area (Å²) in [5, 5.41) is 1.44. The summed E-state index contributed by atoms with van der Waals surface area (Å²) >= 11 is 1.89. The molecule has 0 bridgehead atoms. The fourth-order valence-corrected chi connectivity index (χ4v) is 2.55. The summed E-state index contributed by atoms with van der Waals surface area (Å²) in [4.78, 5) is 0. The molecule has 1 aromatic heterocycles. The second-order valence-electron chi connectivity index (χ2n) is 2.88. The van der Waals surface area contributed by atoms with Gasteiger partial charge in [-0.15, -0.1) is 0 Å². The molecule has 2 rings (SSSR count). The first kappa shape index (κ1) is 7.74. The average molecular weight is 178 g/mol. The molecule has 1 aromatic carbocycles. The number of hydrogen-bond acceptors (Lipinski definition) is 1. The van der Waals surface area contributed by atoms with E-state index in [-0.39, 0.29) is 0 Å². The number of hydrogen-bond donors (Lipinski definition) is 0. The number of aryl methyl sites for hydroxylation is 2. The highest BCUT2D eigenvalue weighted by Gasteiger charge is 2.13. The highest BCUT2D eigenvalue weighted by atomic mass is 32.1. The van der Waals surface area contributed by atoms with Crippen LogP contribution in [0.4, 0.5) is 0 Å². The van der Waals surface area contributed by atoms with Crippen LogP contribution in [0.25, 0.3) is 10.2 Å². The number of nitrogens with zero attached hydrogens (tertiary/aromatic N) is 1. The molecule has 2 aromatic rings. The van der Waals surface area contributed by atoms with Crippen LogP contribution in [0.1, 0.15) is 11.9 Å². The van der Waals surface area contributed by atoms with Crippen LogP contribution in [0.5, 0.6) is 0 Å². The molecule has 0 amide bonds. The minimum atomic E-state index is 1.12. The third-order valence-corrected chi connectivity index (χ3v) is 3.49. The lowest BCUT2D eigenvalue weighted by atomic mass is 10.3. The van der Waals surface area contributed by atoms with Crippen molar-refractivity contribution in [1.82, 2.24) is 0 Å². The summed E-state index contributed by atoms with van der Waals surface area (Å²) in [5.41, 5.74) is 1.35. The normalized spacial score (nSPS) is 10.8. The Labute approximate surface area is 76.3 Å². The van der Waals surface area contributed by atoms with Gasteiger partial charge < -0.3 is 0 Å². The number of thiazole rings is 1. The molecule has 0 fully saturated rings. The zero-order chi connectivity index (χ0) is 8.55. The van der Waals surface area contributed by atoms with Crippen LogP contribution >= 0.6 is 11.3 Å². The Morgan fingerprint density at radius 2 is 2.08 bits per heavy atom. The Kier molecular flexibility index (Phi) is 1.85. The summed E-state index contributed by atoms with van der Waals surface area (Å²) in [7, 11) is 2.14. The zero-order valence-corrected chi connectivity index (χ0v) is 8.19. The van der Waals surface area contributed by atoms with E-state index in [1.54, 1.807) is 0 Å². The minimum absolute atomic E-state index is 1.12. The lowest BCUT2D eigenvalue weighted by Crippen LogP contribution is -2.30. The van der Waals surface area contributed by atoms with E-state index in [2.05, 4.69) is 42.8 Å². The van der Waals surface area contributed by atoms with E-state index in [1.165, 1.54) is 15.2 Å². The van der Waals surface area contributed by atoms with E-state index in [1.807, 2.05) is 11.3 Å². The molecular formula is C10H12NS+. The van der Waals surface area contributed by atoms with E-state index in [0.717, 1.165) is 6.42 Å². The van der Waals surface area contributed by atoms with Crippen molar-refractivity contribution in [2.75, 3.05) is 0 Å². The van der Waals surface area contributed by atoms with E-state index < -0.39 is 0 Å². The molecule has 0 atom stereocenters. The summed E-state index contributed by atoms with van der Waals surface area (Å²) in [5.74, 6) is 0. The van der Waals surface area contributed by atoms with Crippen LogP contribution in [0, 0.1) is 0 Å². The Bertz CT molecular complexity index is 403. The van der Waals surface area contributed by atoms with Gasteiger partial charge in [0.05, 0.1) is 0 Å². The van der Waals surface area contributed by atoms with Gasteiger partial charge in [0.2, 0.25) is 10.5 Å². The Balaban J connectivity index is 2.78. The quantitative estimate of drug-likeness (QED) is 0.590. The van der Waals surface area contributed by atoms with Gasteiger partial charge in [-0.25, -0.2) is 0 Å². The number of para-hydroxylation sites is 1. The molecule has 0 aliphatic carbocycles. The van der Waals surface area contributed by atoms with Crippen molar-refractivity contribution in [3.8, 4) is 0 Å². The fourth-order valence-electron chi connectivity index (χ4n) is 1.46. The zero-order valence-electron chi connectivity index (χ0n) is 7.37. The van der Waals surface area contributed by atoms with Crippen LogP contribution in [0.3, 0.4) is 0 Å². The largest absolute Gasteiger partial charge is 0.237 e. The van der Waals surface area contributed by atoms with E-state index in [0.29, 0.717) is 0 Å². The van der Waals surface area contributed by atoms with E-state index >= 15 is 0 Å². The third kappa shape index (κ3) is 1.03. The molecular weight excluding hydrogens is 166 g/mol. The van der Waals surface area contributed by atoms with Gasteiger partial charge in [0, 0.05) is 12.5 Å². The van der Waals surface area contributed by atoms with Gasteiger partial charge in [-0.2, -0.15) is 4.57 Å². The maximum atomic E-state index is 2.28. The lowest BCUT2D eigenvalue weighted by Gasteiger charge is -1.85. The number of fused-ring (bicyclic) bond motifs is 1. The first-order chi connectivity index (χ1) is 5.83. The number of rotatable bonds is 1. The predicted molar refractivity (Wildman–Crippen MR) is 52.4 cm³/mol. The van der Waals surface area contributed by atoms with Crippen molar-refractivity contribution in [3.05, 3.63) is 29.3 Å². The first-order valence-electron chi connectivity index (χ1n) is 4.19. The highest BCUT2D eigenvalue weighted by Crippen LogP contribution is 2.19. The maximum absolute atomic E-state index is 2.28. The second-order valence-corrected chi connectivity index (χ2v) is 3.99. The number of aromatic nitrogens is 1. The van der Waals surface area contributed by atoms with Crippen molar-refractivity contribution in [2.24, 2.45) is 7.05 Å². The fraction of sp³-hybridized carbons (Fsp3) is 0.300. The van der Waals surface area contributed by atoms with Gasteiger partial charge in [-0.1, -0.05) is 30.4 Å². The average Bonchev–Trinajstić information content (AvgIpc) is 2.44. The Morgan fingerprint density at radius 3 is 2.75 bits per heavy atom. The van der Waals surface area contributed by atoms with Crippen LogP contribution in [-0.2, 0) is 13.5 Å². The molecule has 0 aliphatic rings. The molecule has 0 saturated carbocycles. The van der Waals surface area contributed by atoms with E-state index in [9.17, 15) is 0 Å². The smallest absolute Gasteiger partial charge is 0.189 e. The standard InChI is InChI=1S/C10H12NS/c1-3-10-11(2)8-6-4-5-7-9(8)12-10/h4-7H,3H2,1-2H3/q+1. The van der Waals surface area contributed by atoms with E-state index in [4.69, 9.17) is 0 Å². The van der Waals surface area contributed by atoms with Crippen molar-refractivity contribution in [3.63, 3.8) is 0 Å². The number of benzene rings is 1. The Hall–Kier alpha value is -0.890. The van der Waals surface area contributed by atoms with Crippen molar-refractivity contribution in [1.29, 1.82) is 0 Å². The molecule has 12 heavy (non-hydrogen) atoms. The van der Waals surface area contributed by atoms with Crippen molar-refractivity contribution in [2.45, 2.75) is 13.3 Å². The predicted octanol–water partition coefficient (Wildman–Crippen LogP) is 2.29. The highest BCUT2D eigenvalue weighted by molar-refractivity contribution is 7.18. The van der Waals surface area contributed by atoms with Crippen molar-refractivity contribution >= 4 is 21.6 Å². The topological polar surface area (TPSA) is 3.88 Å². The molecule has 0 spiro atoms. The molecule has 0 unspecified atom stereocenters. The van der Waals surface area contributed by atoms with Gasteiger partial charge in [-0.3, -0.25) is 0 Å². The molecule has 62 valence electrons. The monoisotopic (exact) mass is 178 g/mol. The summed E-state index contributed by atoms with van der Waals surface area (Å²) in [6.45, 7) is 2.20. The second kappa shape index (κ2) is 2.87. The SMILES string of the molecule is CCc1sc2ccccc2[n+]1C. The van der Waals surface area contributed by atoms with Gasteiger partial charge in [0.15, 0.2) is 0 Å². The van der Waals surface area contributed by atoms with Crippen LogP contribution < -0.4 is 4.57 Å². The Morgan fingerprint density at radius 1 is 1.33 bits per heavy atom. The molecule has 1 heterocycles. The summed E-state index contributed by atoms with van der Waals surface area (Å²) in [6.07, 6.45) is 1.12. The molecule has 1 nitrogen and oxygen atoms in total. The maximum Gasteiger partial charge on any atom is 0.237 e. The first-order valence-corrected chi connectivity index (χ1v) is 5.01. The van der Waals surface area contributed by atoms with Crippen LogP contribution in [0.15, 0.2) is 24.3 Å². The van der Waals surface area contributed by atoms with Crippen molar-refractivity contribution < 1.29 is 4.57 Å². The molecule has 0 N–H and O–H groups in total. The third-order valence-electron chi connectivity index (χ3n) is 2.13.